The van der Waals surface area contributed by atoms with E-state index in [4.69, 9.17) is 4.42 Å². The number of likely N-dealkylation sites (N-methyl/N-ethyl adjacent to an activating group) is 1. The second-order valence-corrected chi connectivity index (χ2v) is 5.62. The Labute approximate surface area is 126 Å². The lowest BCUT2D eigenvalue weighted by molar-refractivity contribution is 0.0912. The van der Waals surface area contributed by atoms with Crippen LogP contribution in [0.3, 0.4) is 0 Å². The average Bonchev–Trinajstić information content (AvgIpc) is 2.99. The Kier molecular flexibility index (Phi) is 4.67. The van der Waals surface area contributed by atoms with Crippen LogP contribution in [0.5, 0.6) is 0 Å². The zero-order chi connectivity index (χ0) is 14.7. The van der Waals surface area contributed by atoms with E-state index in [2.05, 4.69) is 36.8 Å². The first-order chi connectivity index (χ1) is 9.49. The maximum atomic E-state index is 12.0. The van der Waals surface area contributed by atoms with E-state index >= 15 is 0 Å². The summed E-state index contributed by atoms with van der Waals surface area (Å²) >= 11 is 3.19. The Balaban J connectivity index is 2.03. The number of carbonyl (C=O) groups excluding carboxylic acids is 1. The summed E-state index contributed by atoms with van der Waals surface area (Å²) in [6, 6.07) is 7.51. The molecule has 108 valence electrons. The molecular weight excluding hydrogens is 322 g/mol. The molecular formula is C14H18BrN3O2. The van der Waals surface area contributed by atoms with E-state index < -0.39 is 0 Å². The van der Waals surface area contributed by atoms with Crippen LogP contribution in [-0.4, -0.2) is 36.0 Å². The number of halogens is 1. The van der Waals surface area contributed by atoms with Gasteiger partial charge in [-0.1, -0.05) is 0 Å². The lowest BCUT2D eigenvalue weighted by atomic mass is 10.2. The third kappa shape index (κ3) is 3.32. The fourth-order valence-corrected chi connectivity index (χ4v) is 2.39. The summed E-state index contributed by atoms with van der Waals surface area (Å²) in [5, 5.41) is 2.90. The quantitative estimate of drug-likeness (QED) is 0.909. The summed E-state index contributed by atoms with van der Waals surface area (Å²) < 4.78 is 7.84. The van der Waals surface area contributed by atoms with Crippen molar-refractivity contribution in [1.29, 1.82) is 0 Å². The predicted octanol–water partition coefficient (Wildman–Crippen LogP) is 2.41. The Hall–Kier alpha value is -1.53. The lowest BCUT2D eigenvalue weighted by Gasteiger charge is -2.25. The molecule has 0 fully saturated rings. The third-order valence-electron chi connectivity index (χ3n) is 3.20. The van der Waals surface area contributed by atoms with Gasteiger partial charge in [-0.25, -0.2) is 0 Å². The topological polar surface area (TPSA) is 50.4 Å². The van der Waals surface area contributed by atoms with Crippen molar-refractivity contribution in [2.24, 2.45) is 7.05 Å². The average molecular weight is 340 g/mol. The minimum absolute atomic E-state index is 0.109. The molecule has 5 nitrogen and oxygen atoms in total. The van der Waals surface area contributed by atoms with E-state index in [-0.39, 0.29) is 11.9 Å². The predicted molar refractivity (Wildman–Crippen MR) is 80.6 cm³/mol. The zero-order valence-electron chi connectivity index (χ0n) is 11.8. The molecule has 0 aliphatic rings. The van der Waals surface area contributed by atoms with Crippen LogP contribution in [0.1, 0.15) is 22.3 Å². The van der Waals surface area contributed by atoms with Crippen LogP contribution in [0.25, 0.3) is 0 Å². The smallest absolute Gasteiger partial charge is 0.287 e. The van der Waals surface area contributed by atoms with Crippen molar-refractivity contribution in [1.82, 2.24) is 14.8 Å². The van der Waals surface area contributed by atoms with Crippen molar-refractivity contribution >= 4 is 21.8 Å². The standard InChI is InChI=1S/C14H18BrN3O2/c1-17(2)11(10-5-4-8-18(10)3)9-16-14(19)12-6-7-13(15)20-12/h4-8,11H,9H2,1-3H3,(H,16,19). The molecule has 0 bridgehead atoms. The summed E-state index contributed by atoms with van der Waals surface area (Å²) in [6.07, 6.45) is 2.00. The van der Waals surface area contributed by atoms with Crippen molar-refractivity contribution in [3.8, 4) is 0 Å². The molecule has 6 heteroatoms. The molecule has 0 aliphatic heterocycles. The van der Waals surface area contributed by atoms with Gasteiger partial charge >= 0.3 is 0 Å². The largest absolute Gasteiger partial charge is 0.444 e. The van der Waals surface area contributed by atoms with Crippen molar-refractivity contribution in [3.63, 3.8) is 0 Å². The number of nitrogens with zero attached hydrogens (tertiary/aromatic N) is 2. The normalized spacial score (nSPS) is 12.7. The van der Waals surface area contributed by atoms with Crippen LogP contribution in [-0.2, 0) is 7.05 Å². The molecule has 0 saturated heterocycles. The van der Waals surface area contributed by atoms with Crippen molar-refractivity contribution in [2.75, 3.05) is 20.6 Å². The number of rotatable bonds is 5. The van der Waals surface area contributed by atoms with Gasteiger partial charge in [0.15, 0.2) is 10.4 Å². The van der Waals surface area contributed by atoms with E-state index in [0.29, 0.717) is 17.0 Å². The highest BCUT2D eigenvalue weighted by Gasteiger charge is 2.19. The van der Waals surface area contributed by atoms with Gasteiger partial charge in [0.2, 0.25) is 0 Å². The zero-order valence-corrected chi connectivity index (χ0v) is 13.3. The van der Waals surface area contributed by atoms with Gasteiger partial charge in [-0.2, -0.15) is 0 Å². The number of aromatic nitrogens is 1. The maximum absolute atomic E-state index is 12.0. The molecule has 2 aromatic rings. The summed E-state index contributed by atoms with van der Waals surface area (Å²) in [6.45, 7) is 0.516. The Morgan fingerprint density at radius 1 is 1.45 bits per heavy atom. The Morgan fingerprint density at radius 3 is 2.70 bits per heavy atom. The number of aryl methyl sites for hydroxylation is 1. The molecule has 2 rings (SSSR count). The van der Waals surface area contributed by atoms with Gasteiger partial charge in [-0.15, -0.1) is 0 Å². The first kappa shape index (κ1) is 14.9. The van der Waals surface area contributed by atoms with Gasteiger partial charge in [0.1, 0.15) is 0 Å². The fourth-order valence-electron chi connectivity index (χ4n) is 2.08. The molecule has 1 N–H and O–H groups in total. The van der Waals surface area contributed by atoms with Crippen LogP contribution in [0.2, 0.25) is 0 Å². The van der Waals surface area contributed by atoms with Gasteiger partial charge in [0.25, 0.3) is 5.91 Å². The number of furan rings is 1. The van der Waals surface area contributed by atoms with E-state index in [0.717, 1.165) is 5.69 Å². The van der Waals surface area contributed by atoms with Crippen LogP contribution in [0, 0.1) is 0 Å². The van der Waals surface area contributed by atoms with Gasteiger partial charge in [-0.05, 0) is 54.3 Å². The minimum Gasteiger partial charge on any atom is -0.444 e. The SMILES string of the molecule is CN(C)C(CNC(=O)c1ccc(Br)o1)c1cccn1C. The fraction of sp³-hybridized carbons (Fsp3) is 0.357. The van der Waals surface area contributed by atoms with Crippen molar-refractivity contribution in [2.45, 2.75) is 6.04 Å². The summed E-state index contributed by atoms with van der Waals surface area (Å²) in [7, 11) is 5.98. The molecule has 1 unspecified atom stereocenters. The first-order valence-electron chi connectivity index (χ1n) is 6.30. The first-order valence-corrected chi connectivity index (χ1v) is 7.09. The molecule has 1 atom stereocenters. The molecule has 1 amide bonds. The highest BCUT2D eigenvalue weighted by Crippen LogP contribution is 2.18. The molecule has 0 aromatic carbocycles. The lowest BCUT2D eigenvalue weighted by Crippen LogP contribution is -2.35. The molecule has 0 radical (unpaired) electrons. The van der Waals surface area contributed by atoms with Crippen LogP contribution >= 0.6 is 15.9 Å². The molecule has 0 saturated carbocycles. The highest BCUT2D eigenvalue weighted by molar-refractivity contribution is 9.10. The van der Waals surface area contributed by atoms with Gasteiger partial charge < -0.3 is 14.3 Å². The number of nitrogens with one attached hydrogen (secondary N) is 1. The van der Waals surface area contributed by atoms with Crippen LogP contribution in [0.4, 0.5) is 0 Å². The minimum atomic E-state index is -0.211. The second-order valence-electron chi connectivity index (χ2n) is 4.84. The van der Waals surface area contributed by atoms with Gasteiger partial charge in [-0.3, -0.25) is 9.69 Å². The molecule has 20 heavy (non-hydrogen) atoms. The summed E-state index contributed by atoms with van der Waals surface area (Å²) in [5.74, 6) is 0.0954. The van der Waals surface area contributed by atoms with Crippen LogP contribution < -0.4 is 5.32 Å². The van der Waals surface area contributed by atoms with Gasteiger partial charge in [0, 0.05) is 25.5 Å². The van der Waals surface area contributed by atoms with E-state index in [1.54, 1.807) is 12.1 Å². The molecule has 0 aliphatic carbocycles. The Morgan fingerprint density at radius 2 is 2.20 bits per heavy atom. The van der Waals surface area contributed by atoms with Gasteiger partial charge in [0.05, 0.1) is 6.04 Å². The number of amides is 1. The Bertz CT molecular complexity index is 589. The summed E-state index contributed by atoms with van der Waals surface area (Å²) in [5.41, 5.74) is 1.15. The number of hydrogen-bond donors (Lipinski definition) is 1. The number of hydrogen-bond acceptors (Lipinski definition) is 3. The third-order valence-corrected chi connectivity index (χ3v) is 3.63. The molecule has 2 heterocycles. The van der Waals surface area contributed by atoms with E-state index in [9.17, 15) is 4.79 Å². The van der Waals surface area contributed by atoms with E-state index in [1.165, 1.54) is 0 Å². The highest BCUT2D eigenvalue weighted by atomic mass is 79.9. The monoisotopic (exact) mass is 339 g/mol. The van der Waals surface area contributed by atoms with E-state index in [1.807, 2.05) is 33.4 Å². The number of carbonyl (C=O) groups is 1. The molecule has 0 spiro atoms. The van der Waals surface area contributed by atoms with Crippen molar-refractivity contribution < 1.29 is 9.21 Å². The van der Waals surface area contributed by atoms with Crippen LogP contribution in [0.15, 0.2) is 39.5 Å². The second kappa shape index (κ2) is 6.28. The van der Waals surface area contributed by atoms with Crippen molar-refractivity contribution in [3.05, 3.63) is 46.6 Å². The molecule has 2 aromatic heterocycles. The summed E-state index contributed by atoms with van der Waals surface area (Å²) in [4.78, 5) is 14.1. The maximum Gasteiger partial charge on any atom is 0.287 e.